The molecule has 0 aromatic rings. The lowest BCUT2D eigenvalue weighted by molar-refractivity contribution is -0.129. The van der Waals surface area contributed by atoms with Crippen LogP contribution in [0.5, 0.6) is 0 Å². The highest BCUT2D eigenvalue weighted by Crippen LogP contribution is 2.77. The average molecular weight is 543 g/mol. The second kappa shape index (κ2) is 7.45. The summed E-state index contributed by atoms with van der Waals surface area (Å²) in [6.07, 6.45) is 8.93. The maximum Gasteiger partial charge on any atom is 0.244 e. The van der Waals surface area contributed by atoms with Crippen molar-refractivity contribution in [3.05, 3.63) is 12.2 Å². The molecule has 0 aromatic carbocycles. The van der Waals surface area contributed by atoms with Crippen LogP contribution >= 0.6 is 21.6 Å². The molecule has 6 aliphatic rings. The third-order valence-corrected chi connectivity index (χ3v) is 16.1. The normalized spacial score (nSPS) is 45.8. The van der Waals surface area contributed by atoms with E-state index in [-0.39, 0.29) is 69.9 Å². The number of carbonyl (C=O) groups is 2. The van der Waals surface area contributed by atoms with Gasteiger partial charge in [-0.25, -0.2) is 8.61 Å². The molecule has 0 radical (unpaired) electrons. The Kier molecular flexibility index (Phi) is 5.27. The van der Waals surface area contributed by atoms with Gasteiger partial charge in [-0.3, -0.25) is 27.8 Å². The standard InChI is InChI=1S/C26H42N2O6S2/c1-23(2)17-9-11-25(23)15-35(31,32)27(19(25)13-17)21(29)7-5-6-8-22(30)28-20-14-18-10-12-26(20,24(18,3)4)16-36(28,33)34/h5-6,17-20,31-34H,7-16H2,1-4H3/b6-5+/t17?,18?,19-,20-,25?,26?/m0/s1. The van der Waals surface area contributed by atoms with Crippen LogP contribution in [0.15, 0.2) is 12.2 Å². The van der Waals surface area contributed by atoms with Crippen LogP contribution in [-0.4, -0.2) is 62.2 Å². The molecule has 2 saturated heterocycles. The summed E-state index contributed by atoms with van der Waals surface area (Å²) in [6.45, 7) is 8.85. The minimum absolute atomic E-state index is 0.000450. The van der Waals surface area contributed by atoms with Crippen molar-refractivity contribution in [1.29, 1.82) is 0 Å². The molecule has 10 heteroatoms. The fraction of sp³-hybridized carbons (Fsp3) is 0.846. The molecule has 6 rings (SSSR count). The Morgan fingerprint density at radius 3 is 1.44 bits per heavy atom. The predicted octanol–water partition coefficient (Wildman–Crippen LogP) is 5.73. The molecule has 4 unspecified atom stereocenters. The molecule has 4 N–H and O–H groups in total. The van der Waals surface area contributed by atoms with E-state index in [0.717, 1.165) is 38.5 Å². The molecule has 0 aromatic heterocycles. The summed E-state index contributed by atoms with van der Waals surface area (Å²) in [5, 5.41) is 0. The Hall–Kier alpha value is -0.780. The number of rotatable bonds is 4. The van der Waals surface area contributed by atoms with Gasteiger partial charge in [0, 0.05) is 23.7 Å². The van der Waals surface area contributed by atoms with Gasteiger partial charge in [0.05, 0.1) is 23.6 Å². The molecule has 4 saturated carbocycles. The number of hydrogen-bond acceptors (Lipinski definition) is 6. The van der Waals surface area contributed by atoms with E-state index in [4.69, 9.17) is 0 Å². The van der Waals surface area contributed by atoms with Crippen molar-refractivity contribution in [2.24, 2.45) is 33.5 Å². The lowest BCUT2D eigenvalue weighted by Gasteiger charge is -2.40. The lowest BCUT2D eigenvalue weighted by atomic mass is 9.69. The first-order valence-corrected chi connectivity index (χ1v) is 16.8. The molecule has 4 aliphatic carbocycles. The Bertz CT molecular complexity index is 963. The zero-order valence-electron chi connectivity index (χ0n) is 21.9. The van der Waals surface area contributed by atoms with Gasteiger partial charge in [-0.05, 0) is 61.2 Å². The molecule has 2 spiro atoms. The van der Waals surface area contributed by atoms with Gasteiger partial charge in [-0.1, -0.05) is 39.8 Å². The Balaban J connectivity index is 1.12. The molecule has 2 heterocycles. The minimum Gasteiger partial charge on any atom is -0.282 e. The molecule has 2 amide bonds. The minimum atomic E-state index is -3.16. The first kappa shape index (κ1) is 25.5. The van der Waals surface area contributed by atoms with Crippen molar-refractivity contribution in [2.75, 3.05) is 11.5 Å². The van der Waals surface area contributed by atoms with Crippen molar-refractivity contribution in [1.82, 2.24) is 8.61 Å². The molecular weight excluding hydrogens is 500 g/mol. The van der Waals surface area contributed by atoms with E-state index in [1.165, 1.54) is 8.61 Å². The van der Waals surface area contributed by atoms with E-state index >= 15 is 0 Å². The first-order valence-electron chi connectivity index (χ1n) is 13.4. The Morgan fingerprint density at radius 2 is 1.11 bits per heavy atom. The summed E-state index contributed by atoms with van der Waals surface area (Å²) in [5.74, 6) is 0.943. The fourth-order valence-electron chi connectivity index (χ4n) is 9.86. The van der Waals surface area contributed by atoms with Crippen molar-refractivity contribution < 1.29 is 27.8 Å². The van der Waals surface area contributed by atoms with Crippen LogP contribution in [0, 0.1) is 33.5 Å². The van der Waals surface area contributed by atoms with Crippen LogP contribution in [0.2, 0.25) is 0 Å². The third-order valence-electron chi connectivity index (χ3n) is 12.1. The summed E-state index contributed by atoms with van der Waals surface area (Å²) in [5.41, 5.74) is -0.465. The van der Waals surface area contributed by atoms with E-state index in [2.05, 4.69) is 27.7 Å². The fourth-order valence-corrected chi connectivity index (χ4v) is 15.1. The highest BCUT2D eigenvalue weighted by Gasteiger charge is 2.73. The number of amides is 2. The Morgan fingerprint density at radius 1 is 0.750 bits per heavy atom. The zero-order chi connectivity index (χ0) is 26.1. The largest absolute Gasteiger partial charge is 0.282 e. The number of nitrogens with zero attached hydrogens (tertiary/aromatic N) is 2. The highest BCUT2D eigenvalue weighted by atomic mass is 32.3. The molecule has 36 heavy (non-hydrogen) atoms. The van der Waals surface area contributed by atoms with Gasteiger partial charge in [0.2, 0.25) is 11.8 Å². The third kappa shape index (κ3) is 2.94. The molecule has 2 aliphatic heterocycles. The second-order valence-corrected chi connectivity index (χ2v) is 17.5. The van der Waals surface area contributed by atoms with Gasteiger partial charge in [0.1, 0.15) is 0 Å². The van der Waals surface area contributed by atoms with E-state index in [0.29, 0.717) is 11.8 Å². The molecular formula is C26H42N2O6S2. The number of hydrogen-bond donors (Lipinski definition) is 4. The first-order chi connectivity index (χ1) is 16.6. The van der Waals surface area contributed by atoms with Crippen molar-refractivity contribution in [3.63, 3.8) is 0 Å². The van der Waals surface area contributed by atoms with E-state index in [1.807, 2.05) is 0 Å². The summed E-state index contributed by atoms with van der Waals surface area (Å²) in [4.78, 5) is 26.4. The summed E-state index contributed by atoms with van der Waals surface area (Å²) >= 11 is 0. The monoisotopic (exact) mass is 542 g/mol. The summed E-state index contributed by atoms with van der Waals surface area (Å²) in [6, 6.07) is -0.262. The smallest absolute Gasteiger partial charge is 0.244 e. The lowest BCUT2D eigenvalue weighted by Crippen LogP contribution is -2.43. The van der Waals surface area contributed by atoms with Crippen LogP contribution in [0.25, 0.3) is 0 Å². The average Bonchev–Trinajstić information content (AvgIpc) is 3.45. The van der Waals surface area contributed by atoms with Crippen molar-refractivity contribution in [3.8, 4) is 0 Å². The van der Waals surface area contributed by atoms with Gasteiger partial charge in [0.15, 0.2) is 0 Å². The van der Waals surface area contributed by atoms with Gasteiger partial charge in [-0.2, -0.15) is 0 Å². The van der Waals surface area contributed by atoms with Crippen LogP contribution < -0.4 is 0 Å². The molecule has 6 fully saturated rings. The van der Waals surface area contributed by atoms with Crippen molar-refractivity contribution >= 4 is 33.4 Å². The maximum atomic E-state index is 13.2. The van der Waals surface area contributed by atoms with E-state index in [1.54, 1.807) is 12.2 Å². The van der Waals surface area contributed by atoms with Gasteiger partial charge < -0.3 is 0 Å². The van der Waals surface area contributed by atoms with Gasteiger partial charge >= 0.3 is 0 Å². The van der Waals surface area contributed by atoms with Crippen LogP contribution in [0.3, 0.4) is 0 Å². The zero-order valence-corrected chi connectivity index (χ0v) is 23.5. The maximum absolute atomic E-state index is 13.2. The Labute approximate surface area is 217 Å². The van der Waals surface area contributed by atoms with E-state index in [9.17, 15) is 27.8 Å². The number of carbonyl (C=O) groups excluding carboxylic acids is 2. The van der Waals surface area contributed by atoms with Crippen LogP contribution in [0.1, 0.15) is 79.1 Å². The SMILES string of the molecule is CC1(C)C2CCC13CS(O)(O)N(C(=O)C/C=C/CC(=O)N1[C@H]4CC5CCC4(CS1(O)O)C5(C)C)[C@H]3C2. The van der Waals surface area contributed by atoms with Crippen LogP contribution in [0.4, 0.5) is 0 Å². The van der Waals surface area contributed by atoms with Crippen LogP contribution in [-0.2, 0) is 9.59 Å². The van der Waals surface area contributed by atoms with E-state index < -0.39 is 21.6 Å². The second-order valence-electron chi connectivity index (χ2n) is 13.6. The molecule has 204 valence electrons. The summed E-state index contributed by atoms with van der Waals surface area (Å²) < 4.78 is 46.4. The molecule has 4 bridgehead atoms. The number of fused-ring (bicyclic) bond motifs is 2. The quantitative estimate of drug-likeness (QED) is 0.337. The predicted molar refractivity (Wildman–Crippen MR) is 142 cm³/mol. The van der Waals surface area contributed by atoms with Crippen molar-refractivity contribution in [2.45, 2.75) is 91.1 Å². The summed E-state index contributed by atoms with van der Waals surface area (Å²) in [7, 11) is -6.31. The molecule has 6 atom stereocenters. The van der Waals surface area contributed by atoms with Gasteiger partial charge in [0.25, 0.3) is 0 Å². The van der Waals surface area contributed by atoms with Gasteiger partial charge in [-0.15, -0.1) is 21.6 Å². The molecule has 8 nitrogen and oxygen atoms in total. The topological polar surface area (TPSA) is 122 Å². The highest BCUT2D eigenvalue weighted by molar-refractivity contribution is 8.23.